The maximum absolute atomic E-state index is 12.8. The third kappa shape index (κ3) is 3.15. The number of benzene rings is 1. The lowest BCUT2D eigenvalue weighted by atomic mass is 9.95. The Morgan fingerprint density at radius 2 is 1.93 bits per heavy atom. The minimum Gasteiger partial charge on any atom is -0.326 e. The quantitative estimate of drug-likeness (QED) is 0.445. The molecule has 1 aliphatic heterocycles. The van der Waals surface area contributed by atoms with Crippen molar-refractivity contribution >= 4 is 51.2 Å². The zero-order chi connectivity index (χ0) is 21.6. The minimum atomic E-state index is -0.537. The first kappa shape index (κ1) is 20.1. The molecular weight excluding hydrogens is 420 g/mol. The first-order valence-corrected chi connectivity index (χ1v) is 10.5. The standard InChI is InChI=1S/C22H17ClN4O2S/c1-4-27-21(28)16(12(2)17(11-24)22(27)29)9-15-10-18-20(30-15)25-19(26(18)3)13-5-7-14(23)8-6-13/h5-10H,4H2,1-3H3/b16-9-. The molecule has 0 radical (unpaired) electrons. The van der Waals surface area contributed by atoms with Gasteiger partial charge in [0.2, 0.25) is 0 Å². The first-order chi connectivity index (χ1) is 14.3. The van der Waals surface area contributed by atoms with Crippen LogP contribution in [0.5, 0.6) is 0 Å². The summed E-state index contributed by atoms with van der Waals surface area (Å²) >= 11 is 7.43. The number of thiophene rings is 1. The molecule has 3 heterocycles. The third-order valence-corrected chi connectivity index (χ3v) is 6.35. The summed E-state index contributed by atoms with van der Waals surface area (Å²) in [4.78, 5) is 32.6. The molecule has 0 atom stereocenters. The van der Waals surface area contributed by atoms with Gasteiger partial charge in [-0.15, -0.1) is 11.3 Å². The number of rotatable bonds is 3. The average molecular weight is 437 g/mol. The van der Waals surface area contributed by atoms with Crippen molar-refractivity contribution in [1.29, 1.82) is 5.26 Å². The number of aromatic nitrogens is 2. The van der Waals surface area contributed by atoms with Crippen molar-refractivity contribution < 1.29 is 9.59 Å². The van der Waals surface area contributed by atoms with Crippen molar-refractivity contribution in [2.75, 3.05) is 6.54 Å². The lowest BCUT2D eigenvalue weighted by molar-refractivity contribution is -0.140. The fourth-order valence-electron chi connectivity index (χ4n) is 3.48. The molecule has 0 bridgehead atoms. The smallest absolute Gasteiger partial charge is 0.271 e. The van der Waals surface area contributed by atoms with Crippen LogP contribution in [0, 0.1) is 11.3 Å². The number of nitriles is 1. The van der Waals surface area contributed by atoms with E-state index in [1.165, 1.54) is 11.3 Å². The molecule has 150 valence electrons. The molecular formula is C22H17ClN4O2S. The van der Waals surface area contributed by atoms with Crippen molar-refractivity contribution in [3.63, 3.8) is 0 Å². The zero-order valence-corrected chi connectivity index (χ0v) is 18.1. The second-order valence-electron chi connectivity index (χ2n) is 6.86. The number of hydrogen-bond donors (Lipinski definition) is 0. The monoisotopic (exact) mass is 436 g/mol. The lowest BCUT2D eigenvalue weighted by Gasteiger charge is -2.26. The molecule has 0 N–H and O–H groups in total. The molecule has 4 rings (SSSR count). The molecule has 2 aromatic heterocycles. The molecule has 2 amide bonds. The Balaban J connectivity index is 1.79. The highest BCUT2D eigenvalue weighted by molar-refractivity contribution is 7.19. The summed E-state index contributed by atoms with van der Waals surface area (Å²) in [7, 11) is 1.94. The van der Waals surface area contributed by atoms with Crippen LogP contribution in [0.3, 0.4) is 0 Å². The summed E-state index contributed by atoms with van der Waals surface area (Å²) in [6.07, 6.45) is 1.73. The summed E-state index contributed by atoms with van der Waals surface area (Å²) in [5.74, 6) is -0.0945. The molecule has 3 aromatic rings. The molecule has 1 aromatic carbocycles. The van der Waals surface area contributed by atoms with E-state index in [0.717, 1.165) is 31.5 Å². The van der Waals surface area contributed by atoms with Crippen molar-refractivity contribution in [3.05, 3.63) is 57.0 Å². The van der Waals surface area contributed by atoms with Gasteiger partial charge in [-0.25, -0.2) is 4.98 Å². The maximum Gasteiger partial charge on any atom is 0.271 e. The van der Waals surface area contributed by atoms with Crippen LogP contribution in [0.2, 0.25) is 5.02 Å². The number of fused-ring (bicyclic) bond motifs is 1. The SMILES string of the molecule is CCN1C(=O)C(C#N)=C(C)/C(=C/c2cc3c(nc(-c4ccc(Cl)cc4)n3C)s2)C1=O. The van der Waals surface area contributed by atoms with Crippen LogP contribution < -0.4 is 0 Å². The maximum atomic E-state index is 12.8. The van der Waals surface area contributed by atoms with Crippen LogP contribution in [0.15, 0.2) is 47.1 Å². The Bertz CT molecular complexity index is 1310. The van der Waals surface area contributed by atoms with Gasteiger partial charge >= 0.3 is 0 Å². The largest absolute Gasteiger partial charge is 0.326 e. The highest BCUT2D eigenvalue weighted by Gasteiger charge is 2.34. The van der Waals surface area contributed by atoms with Crippen LogP contribution >= 0.6 is 22.9 Å². The molecule has 0 saturated carbocycles. The van der Waals surface area contributed by atoms with Gasteiger partial charge in [-0.3, -0.25) is 14.5 Å². The number of carbonyl (C=O) groups excluding carboxylic acids is 2. The minimum absolute atomic E-state index is 0.00645. The van der Waals surface area contributed by atoms with Crippen LogP contribution in [0.1, 0.15) is 18.7 Å². The second-order valence-corrected chi connectivity index (χ2v) is 8.36. The number of imidazole rings is 1. The van der Waals surface area contributed by atoms with E-state index in [4.69, 9.17) is 16.6 Å². The molecule has 0 unspecified atom stereocenters. The Morgan fingerprint density at radius 3 is 2.53 bits per heavy atom. The van der Waals surface area contributed by atoms with Gasteiger partial charge < -0.3 is 4.57 Å². The molecule has 0 aliphatic carbocycles. The van der Waals surface area contributed by atoms with E-state index < -0.39 is 5.91 Å². The number of aryl methyl sites for hydroxylation is 1. The molecule has 0 saturated heterocycles. The van der Waals surface area contributed by atoms with Crippen LogP contribution in [-0.2, 0) is 16.6 Å². The summed E-state index contributed by atoms with van der Waals surface area (Å²) in [5.41, 5.74) is 2.67. The van der Waals surface area contributed by atoms with E-state index in [1.54, 1.807) is 19.9 Å². The Labute approximate surface area is 182 Å². The van der Waals surface area contributed by atoms with Gasteiger partial charge in [-0.1, -0.05) is 11.6 Å². The average Bonchev–Trinajstić information content (AvgIpc) is 3.25. The summed E-state index contributed by atoms with van der Waals surface area (Å²) in [5, 5.41) is 10.0. The van der Waals surface area contributed by atoms with Gasteiger partial charge in [-0.2, -0.15) is 5.26 Å². The number of carbonyl (C=O) groups is 2. The molecule has 30 heavy (non-hydrogen) atoms. The van der Waals surface area contributed by atoms with Crippen LogP contribution in [-0.4, -0.2) is 32.8 Å². The van der Waals surface area contributed by atoms with E-state index in [0.29, 0.717) is 16.2 Å². The molecule has 0 fully saturated rings. The Hall–Kier alpha value is -3.21. The van der Waals surface area contributed by atoms with Gasteiger partial charge in [0.1, 0.15) is 22.3 Å². The van der Waals surface area contributed by atoms with Gasteiger partial charge in [-0.05, 0) is 55.8 Å². The van der Waals surface area contributed by atoms with E-state index in [-0.39, 0.29) is 18.0 Å². The van der Waals surface area contributed by atoms with E-state index >= 15 is 0 Å². The van der Waals surface area contributed by atoms with Crippen molar-refractivity contribution in [1.82, 2.24) is 14.5 Å². The summed E-state index contributed by atoms with van der Waals surface area (Å²) in [6, 6.07) is 11.4. The fraction of sp³-hybridized carbons (Fsp3) is 0.182. The predicted octanol–water partition coefficient (Wildman–Crippen LogP) is 4.57. The van der Waals surface area contributed by atoms with Gasteiger partial charge in [0.25, 0.3) is 11.8 Å². The number of nitrogens with zero attached hydrogens (tertiary/aromatic N) is 4. The van der Waals surface area contributed by atoms with Gasteiger partial charge in [0.05, 0.1) is 5.52 Å². The van der Waals surface area contributed by atoms with Gasteiger partial charge in [0.15, 0.2) is 0 Å². The van der Waals surface area contributed by atoms with E-state index in [9.17, 15) is 14.9 Å². The normalized spacial score (nSPS) is 16.1. The topological polar surface area (TPSA) is 79.0 Å². The molecule has 0 spiro atoms. The second kappa shape index (κ2) is 7.56. The molecule has 1 aliphatic rings. The van der Waals surface area contributed by atoms with E-state index in [1.807, 2.05) is 48.0 Å². The lowest BCUT2D eigenvalue weighted by Crippen LogP contribution is -2.42. The zero-order valence-electron chi connectivity index (χ0n) is 16.6. The van der Waals surface area contributed by atoms with Crippen molar-refractivity contribution in [2.24, 2.45) is 7.05 Å². The number of likely N-dealkylation sites (N-methyl/N-ethyl adjacent to an activating group) is 1. The van der Waals surface area contributed by atoms with Crippen molar-refractivity contribution in [3.8, 4) is 17.5 Å². The van der Waals surface area contributed by atoms with Crippen molar-refractivity contribution in [2.45, 2.75) is 13.8 Å². The Morgan fingerprint density at radius 1 is 1.23 bits per heavy atom. The van der Waals surface area contributed by atoms with E-state index in [2.05, 4.69) is 0 Å². The predicted molar refractivity (Wildman–Crippen MR) is 118 cm³/mol. The third-order valence-electron chi connectivity index (χ3n) is 5.13. The summed E-state index contributed by atoms with van der Waals surface area (Å²) in [6.45, 7) is 3.56. The number of hydrogen-bond acceptors (Lipinski definition) is 5. The van der Waals surface area contributed by atoms with Gasteiger partial charge in [0, 0.05) is 34.6 Å². The summed E-state index contributed by atoms with van der Waals surface area (Å²) < 4.78 is 1.99. The number of halogens is 1. The number of imide groups is 1. The molecule has 8 heteroatoms. The fourth-order valence-corrected chi connectivity index (χ4v) is 4.61. The van der Waals surface area contributed by atoms with Crippen LogP contribution in [0.25, 0.3) is 27.8 Å². The van der Waals surface area contributed by atoms with Crippen LogP contribution in [0.4, 0.5) is 0 Å². The highest BCUT2D eigenvalue weighted by Crippen LogP contribution is 2.33. The molecule has 6 nitrogen and oxygen atoms in total. The first-order valence-electron chi connectivity index (χ1n) is 9.27. The number of amides is 2. The Kier molecular flexibility index (Phi) is 5.06. The highest BCUT2D eigenvalue weighted by atomic mass is 35.5.